The lowest BCUT2D eigenvalue weighted by atomic mass is 9.72. The average molecular weight is 272 g/mol. The van der Waals surface area contributed by atoms with Crippen molar-refractivity contribution in [1.29, 1.82) is 0 Å². The summed E-state index contributed by atoms with van der Waals surface area (Å²) in [6.45, 7) is 2.44. The minimum atomic E-state index is 0.201. The molecule has 0 unspecified atom stereocenters. The molecule has 110 valence electrons. The number of hydrogen-bond donors (Lipinski definition) is 1. The Morgan fingerprint density at radius 2 is 1.55 bits per heavy atom. The molecule has 0 bridgehead atoms. The van der Waals surface area contributed by atoms with Gasteiger partial charge >= 0.3 is 0 Å². The highest BCUT2D eigenvalue weighted by molar-refractivity contribution is 5.38. The molecule has 1 nitrogen and oxygen atoms in total. The van der Waals surface area contributed by atoms with Crippen LogP contribution in [0.1, 0.15) is 74.0 Å². The van der Waals surface area contributed by atoms with Gasteiger partial charge in [0.25, 0.3) is 0 Å². The van der Waals surface area contributed by atoms with Gasteiger partial charge in [-0.25, -0.2) is 0 Å². The highest BCUT2D eigenvalue weighted by Crippen LogP contribution is 2.48. The zero-order chi connectivity index (χ0) is 13.9. The van der Waals surface area contributed by atoms with Crippen molar-refractivity contribution in [2.24, 2.45) is 11.8 Å². The average Bonchev–Trinajstić information content (AvgIpc) is 3.14. The Bertz CT molecular complexity index is 423. The molecular formula is C19H28O. The summed E-state index contributed by atoms with van der Waals surface area (Å²) in [5.74, 6) is 2.44. The van der Waals surface area contributed by atoms with E-state index in [1.165, 1.54) is 68.1 Å². The number of hydrogen-bond acceptors (Lipinski definition) is 1. The maximum atomic E-state index is 9.78. The molecule has 1 aromatic rings. The van der Waals surface area contributed by atoms with Crippen LogP contribution in [0.25, 0.3) is 0 Å². The first-order valence-corrected chi connectivity index (χ1v) is 8.50. The molecule has 0 amide bonds. The molecule has 3 rings (SSSR count). The van der Waals surface area contributed by atoms with Gasteiger partial charge in [0.15, 0.2) is 0 Å². The van der Waals surface area contributed by atoms with Crippen LogP contribution in [0.15, 0.2) is 18.2 Å². The molecular weight excluding hydrogens is 244 g/mol. The summed E-state index contributed by atoms with van der Waals surface area (Å²) in [6, 6.07) is 6.48. The second-order valence-electron chi connectivity index (χ2n) is 6.92. The van der Waals surface area contributed by atoms with E-state index in [0.717, 1.165) is 11.8 Å². The second-order valence-corrected chi connectivity index (χ2v) is 6.92. The molecule has 1 aromatic carbocycles. The van der Waals surface area contributed by atoms with E-state index in [4.69, 9.17) is 0 Å². The summed E-state index contributed by atoms with van der Waals surface area (Å²) >= 11 is 0. The van der Waals surface area contributed by atoms with Crippen molar-refractivity contribution >= 4 is 0 Å². The van der Waals surface area contributed by atoms with Gasteiger partial charge in [0.2, 0.25) is 0 Å². The Balaban J connectivity index is 1.99. The smallest absolute Gasteiger partial charge is 0.0684 e. The monoisotopic (exact) mass is 272 g/mol. The first kappa shape index (κ1) is 14.1. The van der Waals surface area contributed by atoms with E-state index in [-0.39, 0.29) is 6.61 Å². The molecule has 0 spiro atoms. The molecule has 1 N–H and O–H groups in total. The van der Waals surface area contributed by atoms with Crippen molar-refractivity contribution in [3.05, 3.63) is 34.9 Å². The Hall–Kier alpha value is -0.820. The molecule has 20 heavy (non-hydrogen) atoms. The van der Waals surface area contributed by atoms with E-state index >= 15 is 0 Å². The SMILES string of the molecule is Cc1cccc(CO)c1C(C1CCCC1)C1CCCC1. The lowest BCUT2D eigenvalue weighted by Crippen LogP contribution is -2.21. The number of aliphatic hydroxyl groups excluding tert-OH is 1. The third kappa shape index (κ3) is 2.65. The van der Waals surface area contributed by atoms with E-state index in [1.54, 1.807) is 0 Å². The zero-order valence-corrected chi connectivity index (χ0v) is 12.8. The topological polar surface area (TPSA) is 20.2 Å². The zero-order valence-electron chi connectivity index (χ0n) is 12.8. The van der Waals surface area contributed by atoms with Gasteiger partial charge in [-0.2, -0.15) is 0 Å². The Labute approximate surface area is 123 Å². The maximum absolute atomic E-state index is 9.78. The summed E-state index contributed by atoms with van der Waals surface area (Å²) < 4.78 is 0. The molecule has 2 aliphatic rings. The van der Waals surface area contributed by atoms with Crippen LogP contribution in [0.4, 0.5) is 0 Å². The van der Waals surface area contributed by atoms with Crippen LogP contribution in [0, 0.1) is 18.8 Å². The largest absolute Gasteiger partial charge is 0.392 e. The van der Waals surface area contributed by atoms with E-state index in [2.05, 4.69) is 25.1 Å². The van der Waals surface area contributed by atoms with Gasteiger partial charge in [0.05, 0.1) is 6.61 Å². The van der Waals surface area contributed by atoms with Crippen LogP contribution in [0.3, 0.4) is 0 Å². The van der Waals surface area contributed by atoms with Gasteiger partial charge in [0, 0.05) is 0 Å². The summed E-state index contributed by atoms with van der Waals surface area (Å²) in [5, 5.41) is 9.78. The van der Waals surface area contributed by atoms with Crippen LogP contribution in [0.2, 0.25) is 0 Å². The van der Waals surface area contributed by atoms with Crippen molar-refractivity contribution in [1.82, 2.24) is 0 Å². The molecule has 0 atom stereocenters. The van der Waals surface area contributed by atoms with Crippen LogP contribution in [-0.4, -0.2) is 5.11 Å². The standard InChI is InChI=1S/C19H28O/c1-14-7-6-12-17(13-20)18(14)19(15-8-2-3-9-15)16-10-4-5-11-16/h6-7,12,15-16,19-20H,2-5,8-11,13H2,1H3. The second kappa shape index (κ2) is 6.30. The van der Waals surface area contributed by atoms with Crippen molar-refractivity contribution in [2.75, 3.05) is 0 Å². The Morgan fingerprint density at radius 3 is 2.05 bits per heavy atom. The molecule has 0 aliphatic heterocycles. The lowest BCUT2D eigenvalue weighted by molar-refractivity contribution is 0.269. The van der Waals surface area contributed by atoms with Crippen molar-refractivity contribution in [3.63, 3.8) is 0 Å². The van der Waals surface area contributed by atoms with Crippen molar-refractivity contribution < 1.29 is 5.11 Å². The van der Waals surface area contributed by atoms with Crippen LogP contribution < -0.4 is 0 Å². The van der Waals surface area contributed by atoms with Crippen LogP contribution >= 0.6 is 0 Å². The van der Waals surface area contributed by atoms with E-state index < -0.39 is 0 Å². The predicted octanol–water partition coefficient (Wildman–Crippen LogP) is 4.95. The molecule has 2 saturated carbocycles. The number of benzene rings is 1. The van der Waals surface area contributed by atoms with E-state index in [0.29, 0.717) is 5.92 Å². The molecule has 2 fully saturated rings. The Morgan fingerprint density at radius 1 is 1.00 bits per heavy atom. The fourth-order valence-corrected chi connectivity index (χ4v) is 4.85. The lowest BCUT2D eigenvalue weighted by Gasteiger charge is -2.32. The number of aryl methyl sites for hydroxylation is 1. The molecule has 0 radical (unpaired) electrons. The molecule has 0 saturated heterocycles. The van der Waals surface area contributed by atoms with Crippen molar-refractivity contribution in [2.45, 2.75) is 70.8 Å². The fourth-order valence-electron chi connectivity index (χ4n) is 4.85. The van der Waals surface area contributed by atoms with Gasteiger partial charge in [-0.3, -0.25) is 0 Å². The molecule has 0 heterocycles. The minimum absolute atomic E-state index is 0.201. The van der Waals surface area contributed by atoms with Crippen molar-refractivity contribution in [3.8, 4) is 0 Å². The van der Waals surface area contributed by atoms with Gasteiger partial charge in [-0.05, 0) is 67.1 Å². The first-order chi connectivity index (χ1) is 9.81. The molecule has 1 heteroatoms. The normalized spacial score (nSPS) is 21.1. The van der Waals surface area contributed by atoms with Gasteiger partial charge < -0.3 is 5.11 Å². The first-order valence-electron chi connectivity index (χ1n) is 8.50. The third-order valence-electron chi connectivity index (χ3n) is 5.73. The summed E-state index contributed by atoms with van der Waals surface area (Å²) in [7, 11) is 0. The highest BCUT2D eigenvalue weighted by atomic mass is 16.3. The number of aliphatic hydroxyl groups is 1. The predicted molar refractivity (Wildman–Crippen MR) is 83.8 cm³/mol. The Kier molecular flexibility index (Phi) is 4.45. The fraction of sp³-hybridized carbons (Fsp3) is 0.684. The van der Waals surface area contributed by atoms with E-state index in [1.807, 2.05) is 0 Å². The quantitative estimate of drug-likeness (QED) is 0.822. The third-order valence-corrected chi connectivity index (χ3v) is 5.73. The van der Waals surface area contributed by atoms with Crippen LogP contribution in [-0.2, 0) is 6.61 Å². The maximum Gasteiger partial charge on any atom is 0.0684 e. The number of rotatable bonds is 4. The minimum Gasteiger partial charge on any atom is -0.392 e. The summed E-state index contributed by atoms with van der Waals surface area (Å²) in [4.78, 5) is 0. The van der Waals surface area contributed by atoms with Gasteiger partial charge in [-0.15, -0.1) is 0 Å². The summed E-state index contributed by atoms with van der Waals surface area (Å²) in [6.07, 6.45) is 11.3. The molecule has 0 aromatic heterocycles. The molecule has 2 aliphatic carbocycles. The summed E-state index contributed by atoms with van der Waals surface area (Å²) in [5.41, 5.74) is 4.10. The van der Waals surface area contributed by atoms with Gasteiger partial charge in [-0.1, -0.05) is 43.9 Å². The van der Waals surface area contributed by atoms with Crippen LogP contribution in [0.5, 0.6) is 0 Å². The highest BCUT2D eigenvalue weighted by Gasteiger charge is 2.35. The van der Waals surface area contributed by atoms with E-state index in [9.17, 15) is 5.11 Å². The van der Waals surface area contributed by atoms with Gasteiger partial charge in [0.1, 0.15) is 0 Å².